The van der Waals surface area contributed by atoms with Gasteiger partial charge < -0.3 is 19.8 Å². The van der Waals surface area contributed by atoms with Crippen LogP contribution >= 0.6 is 11.8 Å². The van der Waals surface area contributed by atoms with E-state index in [4.69, 9.17) is 9.52 Å². The standard InChI is InChI=1S/C11H11N3O4S/c15-8-4-9(16)14-11(13-8)19-6-10(17)12-5-7-2-1-3-18-7/h1-4H,5-6H2,(H,12,17)(H2,13,14,15,16). The number of hydrogen-bond acceptors (Lipinski definition) is 6. The van der Waals surface area contributed by atoms with Gasteiger partial charge in [-0.2, -0.15) is 4.98 Å². The molecule has 19 heavy (non-hydrogen) atoms. The molecule has 2 aromatic rings. The minimum absolute atomic E-state index is 0.0765. The van der Waals surface area contributed by atoms with Gasteiger partial charge in [-0.3, -0.25) is 9.59 Å². The van der Waals surface area contributed by atoms with Crippen LogP contribution in [0.3, 0.4) is 0 Å². The Labute approximate surface area is 112 Å². The summed E-state index contributed by atoms with van der Waals surface area (Å²) in [5, 5.41) is 12.0. The van der Waals surface area contributed by atoms with Crippen LogP contribution in [0.5, 0.6) is 5.88 Å². The Bertz CT molecular complexity index is 609. The number of carbonyl (C=O) groups is 1. The summed E-state index contributed by atoms with van der Waals surface area (Å²) < 4.78 is 5.06. The van der Waals surface area contributed by atoms with Crippen molar-refractivity contribution in [2.45, 2.75) is 11.7 Å². The fourth-order valence-electron chi connectivity index (χ4n) is 1.28. The largest absolute Gasteiger partial charge is 0.493 e. The predicted octanol–water partition coefficient (Wildman–Crippen LogP) is 0.477. The lowest BCUT2D eigenvalue weighted by atomic mass is 10.4. The van der Waals surface area contributed by atoms with Gasteiger partial charge >= 0.3 is 0 Å². The molecule has 0 aromatic carbocycles. The molecule has 0 unspecified atom stereocenters. The number of rotatable bonds is 5. The van der Waals surface area contributed by atoms with Gasteiger partial charge in [-0.15, -0.1) is 0 Å². The summed E-state index contributed by atoms with van der Waals surface area (Å²) in [4.78, 5) is 28.7. The van der Waals surface area contributed by atoms with E-state index in [1.165, 1.54) is 6.26 Å². The highest BCUT2D eigenvalue weighted by molar-refractivity contribution is 7.99. The number of H-pyrrole nitrogens is 1. The molecule has 0 bridgehead atoms. The van der Waals surface area contributed by atoms with Crippen molar-refractivity contribution in [1.82, 2.24) is 15.3 Å². The third-order valence-corrected chi connectivity index (χ3v) is 2.96. The maximum Gasteiger partial charge on any atom is 0.255 e. The van der Waals surface area contributed by atoms with Gasteiger partial charge in [0.2, 0.25) is 11.8 Å². The molecule has 8 heteroatoms. The van der Waals surface area contributed by atoms with E-state index in [-0.39, 0.29) is 22.7 Å². The van der Waals surface area contributed by atoms with Gasteiger partial charge in [0, 0.05) is 0 Å². The van der Waals surface area contributed by atoms with Crippen LogP contribution in [0.2, 0.25) is 0 Å². The summed E-state index contributed by atoms with van der Waals surface area (Å²) >= 11 is 1.02. The van der Waals surface area contributed by atoms with Crippen molar-refractivity contribution >= 4 is 17.7 Å². The monoisotopic (exact) mass is 281 g/mol. The zero-order chi connectivity index (χ0) is 13.7. The van der Waals surface area contributed by atoms with Gasteiger partial charge in [0.1, 0.15) is 5.76 Å². The number of aromatic nitrogens is 2. The number of aromatic hydroxyl groups is 1. The first-order chi connectivity index (χ1) is 9.13. The van der Waals surface area contributed by atoms with Crippen molar-refractivity contribution in [2.75, 3.05) is 5.75 Å². The number of nitrogens with one attached hydrogen (secondary N) is 2. The number of aromatic amines is 1. The Morgan fingerprint density at radius 2 is 2.42 bits per heavy atom. The lowest BCUT2D eigenvalue weighted by molar-refractivity contribution is -0.118. The quantitative estimate of drug-likeness (QED) is 0.543. The number of nitrogens with zero attached hydrogens (tertiary/aromatic N) is 1. The minimum atomic E-state index is -0.467. The molecule has 0 atom stereocenters. The Kier molecular flexibility index (Phi) is 4.24. The molecule has 0 saturated carbocycles. The van der Waals surface area contributed by atoms with Crippen LogP contribution in [-0.4, -0.2) is 26.7 Å². The van der Waals surface area contributed by atoms with Gasteiger partial charge in [0.25, 0.3) is 5.56 Å². The third-order valence-electron chi connectivity index (χ3n) is 2.09. The van der Waals surface area contributed by atoms with Gasteiger partial charge in [0.05, 0.1) is 24.6 Å². The van der Waals surface area contributed by atoms with Crippen molar-refractivity contribution in [1.29, 1.82) is 0 Å². The number of hydrogen-bond donors (Lipinski definition) is 3. The average molecular weight is 281 g/mol. The molecule has 0 aliphatic carbocycles. The fraction of sp³-hybridized carbons (Fsp3) is 0.182. The van der Waals surface area contributed by atoms with Crippen LogP contribution in [0.15, 0.2) is 38.8 Å². The Balaban J connectivity index is 1.81. The summed E-state index contributed by atoms with van der Waals surface area (Å²) in [6.07, 6.45) is 1.53. The normalized spacial score (nSPS) is 10.3. The zero-order valence-electron chi connectivity index (χ0n) is 9.75. The van der Waals surface area contributed by atoms with Gasteiger partial charge in [-0.25, -0.2) is 0 Å². The summed E-state index contributed by atoms with van der Waals surface area (Å²) in [6, 6.07) is 4.44. The SMILES string of the molecule is O=C(CSc1nc(O)cc(=O)[nH]1)NCc1ccco1. The summed E-state index contributed by atoms with van der Waals surface area (Å²) in [5.41, 5.74) is -0.467. The topological polar surface area (TPSA) is 108 Å². The molecule has 3 N–H and O–H groups in total. The van der Waals surface area contributed by atoms with Crippen LogP contribution in [0.1, 0.15) is 5.76 Å². The first-order valence-corrected chi connectivity index (χ1v) is 6.34. The van der Waals surface area contributed by atoms with E-state index in [2.05, 4.69) is 15.3 Å². The number of thioether (sulfide) groups is 1. The third kappa shape index (κ3) is 4.18. The Morgan fingerprint density at radius 1 is 1.58 bits per heavy atom. The second-order valence-electron chi connectivity index (χ2n) is 3.55. The summed E-state index contributed by atoms with van der Waals surface area (Å²) in [7, 11) is 0. The zero-order valence-corrected chi connectivity index (χ0v) is 10.6. The number of carbonyl (C=O) groups excluding carboxylic acids is 1. The van der Waals surface area contributed by atoms with E-state index in [0.717, 1.165) is 17.8 Å². The maximum atomic E-state index is 11.5. The van der Waals surface area contributed by atoms with E-state index in [0.29, 0.717) is 12.3 Å². The van der Waals surface area contributed by atoms with Crippen molar-refractivity contribution < 1.29 is 14.3 Å². The molecule has 2 rings (SSSR count). The van der Waals surface area contributed by atoms with E-state index in [9.17, 15) is 9.59 Å². The Hall–Kier alpha value is -2.22. The minimum Gasteiger partial charge on any atom is -0.493 e. The lowest BCUT2D eigenvalue weighted by Gasteiger charge is -2.03. The molecule has 1 amide bonds. The molecular formula is C11H11N3O4S. The van der Waals surface area contributed by atoms with Crippen molar-refractivity contribution in [3.05, 3.63) is 40.6 Å². The molecule has 0 radical (unpaired) electrons. The maximum absolute atomic E-state index is 11.5. The lowest BCUT2D eigenvalue weighted by Crippen LogP contribution is -2.24. The fourth-order valence-corrected chi connectivity index (χ4v) is 1.98. The first-order valence-electron chi connectivity index (χ1n) is 5.36. The van der Waals surface area contributed by atoms with Crippen LogP contribution in [0.25, 0.3) is 0 Å². The van der Waals surface area contributed by atoms with Crippen LogP contribution in [0.4, 0.5) is 0 Å². The molecule has 0 aliphatic heterocycles. The van der Waals surface area contributed by atoms with Crippen molar-refractivity contribution in [3.63, 3.8) is 0 Å². The predicted molar refractivity (Wildman–Crippen MR) is 67.8 cm³/mol. The summed E-state index contributed by atoms with van der Waals surface area (Å²) in [5.74, 6) is 0.129. The molecule has 0 fully saturated rings. The average Bonchev–Trinajstić information content (AvgIpc) is 2.86. The highest BCUT2D eigenvalue weighted by atomic mass is 32.2. The van der Waals surface area contributed by atoms with Gasteiger partial charge in [0.15, 0.2) is 5.16 Å². The van der Waals surface area contributed by atoms with Crippen LogP contribution in [0, 0.1) is 0 Å². The highest BCUT2D eigenvalue weighted by Gasteiger charge is 2.06. The van der Waals surface area contributed by atoms with Gasteiger partial charge in [-0.05, 0) is 12.1 Å². The highest BCUT2D eigenvalue weighted by Crippen LogP contribution is 2.12. The molecule has 0 aliphatic rings. The number of amides is 1. The molecule has 100 valence electrons. The molecule has 0 saturated heterocycles. The van der Waals surface area contributed by atoms with E-state index in [1.807, 2.05) is 0 Å². The van der Waals surface area contributed by atoms with Crippen LogP contribution in [-0.2, 0) is 11.3 Å². The second-order valence-corrected chi connectivity index (χ2v) is 4.52. The molecule has 0 spiro atoms. The van der Waals surface area contributed by atoms with Crippen molar-refractivity contribution in [3.8, 4) is 5.88 Å². The van der Waals surface area contributed by atoms with E-state index in [1.54, 1.807) is 12.1 Å². The molecule has 7 nitrogen and oxygen atoms in total. The smallest absolute Gasteiger partial charge is 0.255 e. The van der Waals surface area contributed by atoms with E-state index >= 15 is 0 Å². The van der Waals surface area contributed by atoms with Gasteiger partial charge in [-0.1, -0.05) is 11.8 Å². The van der Waals surface area contributed by atoms with Crippen LogP contribution < -0.4 is 10.9 Å². The van der Waals surface area contributed by atoms with Crippen molar-refractivity contribution in [2.24, 2.45) is 0 Å². The molecular weight excluding hydrogens is 270 g/mol. The second kappa shape index (κ2) is 6.10. The van der Waals surface area contributed by atoms with E-state index < -0.39 is 5.56 Å². The Morgan fingerprint density at radius 3 is 3.11 bits per heavy atom. The molecule has 2 aromatic heterocycles. The molecule has 2 heterocycles. The number of furan rings is 1. The summed E-state index contributed by atoms with van der Waals surface area (Å²) in [6.45, 7) is 0.302. The first kappa shape index (κ1) is 13.2.